The Kier molecular flexibility index (Phi) is 3.17. The molecule has 2 aliphatic carbocycles. The number of carbonyl (C=O) groups is 2. The van der Waals surface area contributed by atoms with Crippen molar-refractivity contribution in [1.29, 1.82) is 0 Å². The van der Waals surface area contributed by atoms with Gasteiger partial charge in [0.15, 0.2) is 0 Å². The summed E-state index contributed by atoms with van der Waals surface area (Å²) in [6.45, 7) is 0. The van der Waals surface area contributed by atoms with Gasteiger partial charge in [-0.15, -0.1) is 0 Å². The van der Waals surface area contributed by atoms with Crippen LogP contribution in [0.2, 0.25) is 0 Å². The van der Waals surface area contributed by atoms with Gasteiger partial charge in [-0.3, -0.25) is 9.59 Å². The summed E-state index contributed by atoms with van der Waals surface area (Å²) < 4.78 is 0. The van der Waals surface area contributed by atoms with Crippen LogP contribution in [0.5, 0.6) is 0 Å². The molecule has 0 atom stereocenters. The van der Waals surface area contributed by atoms with Gasteiger partial charge in [-0.1, -0.05) is 12.8 Å². The highest BCUT2D eigenvalue weighted by atomic mass is 16.4. The second-order valence-corrected chi connectivity index (χ2v) is 5.30. The maximum absolute atomic E-state index is 11.7. The zero-order valence-electron chi connectivity index (χ0n) is 9.50. The first kappa shape index (κ1) is 11.4. The van der Waals surface area contributed by atoms with E-state index in [2.05, 4.69) is 5.32 Å². The molecule has 0 radical (unpaired) electrons. The summed E-state index contributed by atoms with van der Waals surface area (Å²) in [7, 11) is 0. The van der Waals surface area contributed by atoms with Crippen molar-refractivity contribution < 1.29 is 14.7 Å². The van der Waals surface area contributed by atoms with Crippen LogP contribution < -0.4 is 5.32 Å². The Morgan fingerprint density at radius 1 is 1.19 bits per heavy atom. The second kappa shape index (κ2) is 4.44. The zero-order valence-corrected chi connectivity index (χ0v) is 9.50. The minimum Gasteiger partial charge on any atom is -0.481 e. The number of carboxylic acid groups (broad SMARTS) is 1. The lowest BCUT2D eigenvalue weighted by molar-refractivity contribution is -0.138. The molecule has 4 nitrogen and oxygen atoms in total. The van der Waals surface area contributed by atoms with E-state index in [1.165, 1.54) is 12.8 Å². The molecule has 1 amide bonds. The fourth-order valence-corrected chi connectivity index (χ4v) is 2.60. The minimum absolute atomic E-state index is 0.0469. The molecule has 0 aromatic heterocycles. The number of hydrogen-bond donors (Lipinski definition) is 2. The molecule has 16 heavy (non-hydrogen) atoms. The third-order valence-electron chi connectivity index (χ3n) is 3.74. The Labute approximate surface area is 95.4 Å². The van der Waals surface area contributed by atoms with E-state index < -0.39 is 5.97 Å². The molecule has 0 unspecified atom stereocenters. The Balaban J connectivity index is 1.76. The lowest BCUT2D eigenvalue weighted by Crippen LogP contribution is -2.34. The first-order chi connectivity index (χ1) is 7.60. The Morgan fingerprint density at radius 3 is 2.31 bits per heavy atom. The highest BCUT2D eigenvalue weighted by Gasteiger charge is 2.46. The third kappa shape index (κ3) is 2.97. The highest BCUT2D eigenvalue weighted by molar-refractivity contribution is 5.79. The van der Waals surface area contributed by atoms with Crippen LogP contribution in [0, 0.1) is 5.41 Å². The smallest absolute Gasteiger partial charge is 0.303 e. The molecule has 0 saturated heterocycles. The van der Waals surface area contributed by atoms with Gasteiger partial charge in [-0.25, -0.2) is 0 Å². The van der Waals surface area contributed by atoms with E-state index in [4.69, 9.17) is 5.11 Å². The summed E-state index contributed by atoms with van der Waals surface area (Å²) in [6.07, 6.45) is 6.88. The van der Waals surface area contributed by atoms with Crippen LogP contribution in [0.15, 0.2) is 0 Å². The monoisotopic (exact) mass is 225 g/mol. The van der Waals surface area contributed by atoms with Gasteiger partial charge in [0.1, 0.15) is 0 Å². The molecular weight excluding hydrogens is 206 g/mol. The van der Waals surface area contributed by atoms with Gasteiger partial charge < -0.3 is 10.4 Å². The minimum atomic E-state index is -0.786. The fourth-order valence-electron chi connectivity index (χ4n) is 2.60. The van der Waals surface area contributed by atoms with Gasteiger partial charge in [0.05, 0.1) is 6.42 Å². The quantitative estimate of drug-likeness (QED) is 0.748. The van der Waals surface area contributed by atoms with Crippen LogP contribution in [-0.2, 0) is 9.59 Å². The molecule has 0 bridgehead atoms. The maximum Gasteiger partial charge on any atom is 0.303 e. The molecular formula is C12H19NO3. The van der Waals surface area contributed by atoms with Gasteiger partial charge in [-0.2, -0.15) is 0 Å². The summed E-state index contributed by atoms with van der Waals surface area (Å²) in [5.74, 6) is -0.739. The van der Waals surface area contributed by atoms with E-state index in [9.17, 15) is 9.59 Å². The second-order valence-electron chi connectivity index (χ2n) is 5.30. The lowest BCUT2D eigenvalue weighted by Gasteiger charge is -2.15. The largest absolute Gasteiger partial charge is 0.481 e. The molecule has 0 aromatic rings. The molecule has 0 aliphatic heterocycles. The van der Waals surface area contributed by atoms with E-state index in [1.54, 1.807) is 0 Å². The van der Waals surface area contributed by atoms with Crippen molar-refractivity contribution in [3.8, 4) is 0 Å². The third-order valence-corrected chi connectivity index (χ3v) is 3.74. The maximum atomic E-state index is 11.7. The number of carboxylic acids is 1. The molecule has 2 aliphatic rings. The molecule has 2 rings (SSSR count). The lowest BCUT2D eigenvalue weighted by atomic mass is 9.97. The Bertz CT molecular complexity index is 291. The summed E-state index contributed by atoms with van der Waals surface area (Å²) in [5, 5.41) is 11.8. The molecule has 2 saturated carbocycles. The average Bonchev–Trinajstić information content (AvgIpc) is 2.74. The van der Waals surface area contributed by atoms with E-state index in [1.807, 2.05) is 0 Å². The molecule has 0 spiro atoms. The molecule has 0 heterocycles. The van der Waals surface area contributed by atoms with Gasteiger partial charge >= 0.3 is 5.97 Å². The molecule has 2 N–H and O–H groups in total. The number of rotatable bonds is 5. The van der Waals surface area contributed by atoms with Gasteiger partial charge in [0.25, 0.3) is 0 Å². The SMILES string of the molecule is O=C(O)CC1(CC(=O)NC2CCCC2)CC1. The molecule has 0 aromatic carbocycles. The number of aliphatic carboxylic acids is 1. The molecule has 90 valence electrons. The normalized spacial score (nSPS) is 23.0. The number of carbonyl (C=O) groups excluding carboxylic acids is 1. The van der Waals surface area contributed by atoms with Crippen LogP contribution in [-0.4, -0.2) is 23.0 Å². The van der Waals surface area contributed by atoms with Gasteiger partial charge in [0, 0.05) is 12.5 Å². The Morgan fingerprint density at radius 2 is 1.81 bits per heavy atom. The van der Waals surface area contributed by atoms with Crippen molar-refractivity contribution in [2.24, 2.45) is 5.41 Å². The first-order valence-electron chi connectivity index (χ1n) is 6.11. The number of amides is 1. The summed E-state index contributed by atoms with van der Waals surface area (Å²) in [4.78, 5) is 22.4. The van der Waals surface area contributed by atoms with Crippen molar-refractivity contribution in [3.63, 3.8) is 0 Å². The van der Waals surface area contributed by atoms with Crippen LogP contribution in [0.25, 0.3) is 0 Å². The predicted octanol–water partition coefficient (Wildman–Crippen LogP) is 1.69. The average molecular weight is 225 g/mol. The van der Waals surface area contributed by atoms with Crippen molar-refractivity contribution in [2.45, 2.75) is 57.4 Å². The predicted molar refractivity (Wildman–Crippen MR) is 58.9 cm³/mol. The van der Waals surface area contributed by atoms with E-state index in [0.29, 0.717) is 12.5 Å². The molecule has 2 fully saturated rings. The summed E-state index contributed by atoms with van der Waals surface area (Å²) in [5.41, 5.74) is -0.214. The van der Waals surface area contributed by atoms with Crippen LogP contribution in [0.3, 0.4) is 0 Å². The van der Waals surface area contributed by atoms with E-state index >= 15 is 0 Å². The first-order valence-corrected chi connectivity index (χ1v) is 6.11. The van der Waals surface area contributed by atoms with Crippen LogP contribution in [0.4, 0.5) is 0 Å². The number of hydrogen-bond acceptors (Lipinski definition) is 2. The highest BCUT2D eigenvalue weighted by Crippen LogP contribution is 2.51. The van der Waals surface area contributed by atoms with Crippen LogP contribution in [0.1, 0.15) is 51.4 Å². The van der Waals surface area contributed by atoms with Crippen molar-refractivity contribution in [2.75, 3.05) is 0 Å². The van der Waals surface area contributed by atoms with Gasteiger partial charge in [0.2, 0.25) is 5.91 Å². The van der Waals surface area contributed by atoms with Crippen molar-refractivity contribution in [3.05, 3.63) is 0 Å². The zero-order chi connectivity index (χ0) is 11.6. The van der Waals surface area contributed by atoms with E-state index in [0.717, 1.165) is 25.7 Å². The topological polar surface area (TPSA) is 66.4 Å². The summed E-state index contributed by atoms with van der Waals surface area (Å²) >= 11 is 0. The standard InChI is InChI=1S/C12H19NO3/c14-10(13-9-3-1-2-4-9)7-12(5-6-12)8-11(15)16/h9H,1-8H2,(H,13,14)(H,15,16). The molecule has 4 heteroatoms. The fraction of sp³-hybridized carbons (Fsp3) is 0.833. The Hall–Kier alpha value is -1.06. The number of nitrogens with one attached hydrogen (secondary N) is 1. The summed E-state index contributed by atoms with van der Waals surface area (Å²) in [6, 6.07) is 0.341. The van der Waals surface area contributed by atoms with E-state index in [-0.39, 0.29) is 17.7 Å². The van der Waals surface area contributed by atoms with Crippen LogP contribution >= 0.6 is 0 Å². The van der Waals surface area contributed by atoms with Crippen molar-refractivity contribution >= 4 is 11.9 Å². The van der Waals surface area contributed by atoms with Gasteiger partial charge in [-0.05, 0) is 31.1 Å². The van der Waals surface area contributed by atoms with Crippen molar-refractivity contribution in [1.82, 2.24) is 5.32 Å².